The van der Waals surface area contributed by atoms with E-state index in [4.69, 9.17) is 5.73 Å². The van der Waals surface area contributed by atoms with Crippen LogP contribution in [0.2, 0.25) is 0 Å². The summed E-state index contributed by atoms with van der Waals surface area (Å²) >= 11 is 1.36. The maximum absolute atomic E-state index is 13.5. The molecule has 3 N–H and O–H groups in total. The molecule has 1 fully saturated rings. The van der Waals surface area contributed by atoms with Crippen LogP contribution in [0.3, 0.4) is 0 Å². The molecular weight excluding hydrogens is 484 g/mol. The van der Waals surface area contributed by atoms with Gasteiger partial charge in [0, 0.05) is 28.2 Å². The molecule has 3 aromatic rings. The van der Waals surface area contributed by atoms with Crippen LogP contribution in [0.1, 0.15) is 24.0 Å². The summed E-state index contributed by atoms with van der Waals surface area (Å²) in [6.45, 7) is 3.65. The average molecular weight is 513 g/mol. The molecule has 8 nitrogen and oxygen atoms in total. The van der Waals surface area contributed by atoms with Crippen molar-refractivity contribution in [2.45, 2.75) is 26.7 Å². The van der Waals surface area contributed by atoms with Crippen LogP contribution in [0, 0.1) is 19.8 Å². The number of rotatable bonds is 6. The standard InChI is InChI=1S/C25H28N4O4S2/c1-16-3-4-17(2)22(13-16)29(24(31)19-9-11-35(32,33)12-10-19)14-23(30)27-20-7-5-18(6-8-20)21-15-34-25(26)28-21/h3-8,13,15,19H,9-12,14H2,1-2H3,(H2,26,28)(H,27,30). The number of carbonyl (C=O) groups excluding carboxylic acids is 2. The monoisotopic (exact) mass is 512 g/mol. The van der Waals surface area contributed by atoms with E-state index in [9.17, 15) is 18.0 Å². The fourth-order valence-electron chi connectivity index (χ4n) is 4.14. The molecule has 1 aromatic heterocycles. The summed E-state index contributed by atoms with van der Waals surface area (Å²) in [5, 5.41) is 5.22. The van der Waals surface area contributed by atoms with Gasteiger partial charge in [-0.1, -0.05) is 24.3 Å². The zero-order chi connectivity index (χ0) is 25.2. The van der Waals surface area contributed by atoms with Crippen LogP contribution in [0.4, 0.5) is 16.5 Å². The fourth-order valence-corrected chi connectivity index (χ4v) is 6.20. The maximum Gasteiger partial charge on any atom is 0.244 e. The van der Waals surface area contributed by atoms with E-state index in [0.717, 1.165) is 22.4 Å². The van der Waals surface area contributed by atoms with Gasteiger partial charge in [-0.25, -0.2) is 13.4 Å². The van der Waals surface area contributed by atoms with Crippen LogP contribution in [0.5, 0.6) is 0 Å². The van der Waals surface area contributed by atoms with Crippen LogP contribution in [-0.2, 0) is 19.4 Å². The molecule has 1 aliphatic rings. The summed E-state index contributed by atoms with van der Waals surface area (Å²) in [6.07, 6.45) is 0.541. The first-order valence-corrected chi connectivity index (χ1v) is 14.0. The van der Waals surface area contributed by atoms with Crippen molar-refractivity contribution in [1.29, 1.82) is 0 Å². The molecule has 0 bridgehead atoms. The molecule has 0 radical (unpaired) electrons. The Hall–Kier alpha value is -3.24. The number of carbonyl (C=O) groups is 2. The van der Waals surface area contributed by atoms with Gasteiger partial charge in [-0.05, 0) is 56.0 Å². The summed E-state index contributed by atoms with van der Waals surface area (Å²) in [4.78, 5) is 32.3. The van der Waals surface area contributed by atoms with Crippen molar-refractivity contribution < 1.29 is 18.0 Å². The van der Waals surface area contributed by atoms with E-state index in [1.807, 2.05) is 49.6 Å². The van der Waals surface area contributed by atoms with Gasteiger partial charge in [0.2, 0.25) is 11.8 Å². The van der Waals surface area contributed by atoms with E-state index in [2.05, 4.69) is 10.3 Å². The van der Waals surface area contributed by atoms with Crippen molar-refractivity contribution in [1.82, 2.24) is 4.98 Å². The summed E-state index contributed by atoms with van der Waals surface area (Å²) in [6, 6.07) is 13.0. The van der Waals surface area contributed by atoms with Crippen LogP contribution in [0.15, 0.2) is 47.8 Å². The predicted octanol–water partition coefficient (Wildman–Crippen LogP) is 3.81. The van der Waals surface area contributed by atoms with Gasteiger partial charge in [0.1, 0.15) is 16.4 Å². The largest absolute Gasteiger partial charge is 0.375 e. The third kappa shape index (κ3) is 6.07. The van der Waals surface area contributed by atoms with Gasteiger partial charge >= 0.3 is 0 Å². The lowest BCUT2D eigenvalue weighted by molar-refractivity contribution is -0.124. The molecule has 0 aliphatic carbocycles. The molecule has 35 heavy (non-hydrogen) atoms. The van der Waals surface area contributed by atoms with Crippen molar-refractivity contribution in [3.63, 3.8) is 0 Å². The minimum absolute atomic E-state index is 0.00672. The van der Waals surface area contributed by atoms with E-state index in [-0.39, 0.29) is 42.7 Å². The lowest BCUT2D eigenvalue weighted by Gasteiger charge is -2.30. The minimum atomic E-state index is -3.10. The second-order valence-corrected chi connectivity index (χ2v) is 12.0. The van der Waals surface area contributed by atoms with Crippen molar-refractivity contribution in [2.24, 2.45) is 5.92 Å². The van der Waals surface area contributed by atoms with Crippen LogP contribution in [-0.4, -0.2) is 43.3 Å². The predicted molar refractivity (Wildman–Crippen MR) is 140 cm³/mol. The number of hydrogen-bond acceptors (Lipinski definition) is 7. The van der Waals surface area contributed by atoms with Crippen molar-refractivity contribution in [3.05, 3.63) is 59.0 Å². The minimum Gasteiger partial charge on any atom is -0.375 e. The third-order valence-electron chi connectivity index (χ3n) is 6.11. The molecule has 184 valence electrons. The average Bonchev–Trinajstić information content (AvgIpc) is 3.25. The van der Waals surface area contributed by atoms with Crippen molar-refractivity contribution in [3.8, 4) is 11.3 Å². The smallest absolute Gasteiger partial charge is 0.244 e. The molecule has 2 amide bonds. The molecule has 0 atom stereocenters. The molecule has 0 saturated carbocycles. The number of aryl methyl sites for hydroxylation is 2. The molecular formula is C25H28N4O4S2. The number of nitrogens with two attached hydrogens (primary N) is 1. The fraction of sp³-hybridized carbons (Fsp3) is 0.320. The van der Waals surface area contributed by atoms with E-state index in [0.29, 0.717) is 16.5 Å². The van der Waals surface area contributed by atoms with Crippen LogP contribution in [0.25, 0.3) is 11.3 Å². The molecule has 2 aromatic carbocycles. The Labute approximate surface area is 209 Å². The number of benzene rings is 2. The molecule has 0 spiro atoms. The van der Waals surface area contributed by atoms with E-state index in [1.165, 1.54) is 16.2 Å². The van der Waals surface area contributed by atoms with Gasteiger partial charge in [-0.3, -0.25) is 9.59 Å². The summed E-state index contributed by atoms with van der Waals surface area (Å²) in [5.41, 5.74) is 10.5. The molecule has 10 heteroatoms. The first-order chi connectivity index (χ1) is 16.6. The molecule has 4 rings (SSSR count). The van der Waals surface area contributed by atoms with E-state index in [1.54, 1.807) is 12.1 Å². The zero-order valence-corrected chi connectivity index (χ0v) is 21.3. The van der Waals surface area contributed by atoms with E-state index < -0.39 is 15.8 Å². The maximum atomic E-state index is 13.5. The van der Waals surface area contributed by atoms with Crippen LogP contribution < -0.4 is 16.0 Å². The van der Waals surface area contributed by atoms with Crippen molar-refractivity contribution >= 4 is 49.5 Å². The van der Waals surface area contributed by atoms with Gasteiger partial charge < -0.3 is 16.0 Å². The number of hydrogen-bond donors (Lipinski definition) is 2. The Bertz CT molecular complexity index is 1340. The number of thiazole rings is 1. The van der Waals surface area contributed by atoms with Gasteiger partial charge in [0.25, 0.3) is 0 Å². The number of aromatic nitrogens is 1. The number of amides is 2. The second-order valence-electron chi connectivity index (χ2n) is 8.84. The normalized spacial score (nSPS) is 15.5. The Kier molecular flexibility index (Phi) is 7.23. The highest BCUT2D eigenvalue weighted by Gasteiger charge is 2.33. The number of nitrogens with zero attached hydrogens (tertiary/aromatic N) is 2. The summed E-state index contributed by atoms with van der Waals surface area (Å²) in [7, 11) is -3.10. The summed E-state index contributed by atoms with van der Waals surface area (Å²) in [5.74, 6) is -1.01. The number of nitrogen functional groups attached to an aromatic ring is 1. The lowest BCUT2D eigenvalue weighted by Crippen LogP contribution is -2.44. The summed E-state index contributed by atoms with van der Waals surface area (Å²) < 4.78 is 23.7. The lowest BCUT2D eigenvalue weighted by atomic mass is 9.99. The molecule has 0 unspecified atom stereocenters. The Morgan fingerprint density at radius 2 is 1.80 bits per heavy atom. The quantitative estimate of drug-likeness (QED) is 0.518. The highest BCUT2D eigenvalue weighted by atomic mass is 32.2. The Morgan fingerprint density at radius 3 is 2.43 bits per heavy atom. The number of nitrogens with one attached hydrogen (secondary N) is 1. The number of anilines is 3. The molecule has 1 saturated heterocycles. The van der Waals surface area contributed by atoms with E-state index >= 15 is 0 Å². The Balaban J connectivity index is 1.52. The van der Waals surface area contributed by atoms with Gasteiger partial charge in [-0.15, -0.1) is 11.3 Å². The van der Waals surface area contributed by atoms with Gasteiger partial charge in [0.15, 0.2) is 5.13 Å². The first-order valence-electron chi connectivity index (χ1n) is 11.3. The second kappa shape index (κ2) is 10.2. The van der Waals surface area contributed by atoms with Crippen molar-refractivity contribution in [2.75, 3.05) is 34.0 Å². The third-order valence-corrected chi connectivity index (χ3v) is 8.50. The SMILES string of the molecule is Cc1ccc(C)c(N(CC(=O)Nc2ccc(-c3csc(N)n3)cc2)C(=O)C2CCS(=O)(=O)CC2)c1. The highest BCUT2D eigenvalue weighted by molar-refractivity contribution is 7.91. The van der Waals surface area contributed by atoms with Gasteiger partial charge in [-0.2, -0.15) is 0 Å². The Morgan fingerprint density at radius 1 is 1.11 bits per heavy atom. The molecule has 2 heterocycles. The highest BCUT2D eigenvalue weighted by Crippen LogP contribution is 2.28. The number of sulfone groups is 1. The van der Waals surface area contributed by atoms with Gasteiger partial charge in [0.05, 0.1) is 17.2 Å². The first kappa shape index (κ1) is 24.9. The zero-order valence-electron chi connectivity index (χ0n) is 19.7. The van der Waals surface area contributed by atoms with Crippen LogP contribution >= 0.6 is 11.3 Å². The topological polar surface area (TPSA) is 122 Å². The molecule has 1 aliphatic heterocycles.